The first-order valence-corrected chi connectivity index (χ1v) is 6.10. The van der Waals surface area contributed by atoms with E-state index in [2.05, 4.69) is 4.98 Å². The van der Waals surface area contributed by atoms with Crippen molar-refractivity contribution in [1.82, 2.24) is 9.55 Å². The van der Waals surface area contributed by atoms with Gasteiger partial charge in [0.1, 0.15) is 0 Å². The number of aromatic amines is 1. The van der Waals surface area contributed by atoms with Crippen LogP contribution in [-0.4, -0.2) is 14.7 Å². The highest BCUT2D eigenvalue weighted by Gasteiger charge is 2.12. The summed E-state index contributed by atoms with van der Waals surface area (Å²) >= 11 is 0. The fraction of sp³-hybridized carbons (Fsp3) is 0.214. The summed E-state index contributed by atoms with van der Waals surface area (Å²) in [7, 11) is 0. The molecule has 2 rings (SSSR count). The van der Waals surface area contributed by atoms with E-state index in [1.165, 1.54) is 0 Å². The SMILES string of the molecule is CCc1c(O)n(Cc2ccc(C#N)cc2)c(=O)[nH]c1=O. The van der Waals surface area contributed by atoms with Gasteiger partial charge in [0.15, 0.2) is 0 Å². The van der Waals surface area contributed by atoms with Crippen molar-refractivity contribution in [3.05, 3.63) is 61.8 Å². The predicted octanol–water partition coefficient (Wildman–Crippen LogP) is 0.725. The molecule has 0 bridgehead atoms. The van der Waals surface area contributed by atoms with Crippen LogP contribution in [0.5, 0.6) is 5.88 Å². The van der Waals surface area contributed by atoms with E-state index in [4.69, 9.17) is 5.26 Å². The Kier molecular flexibility index (Phi) is 3.71. The van der Waals surface area contributed by atoms with Gasteiger partial charge in [0.05, 0.1) is 23.7 Å². The molecule has 0 radical (unpaired) electrons. The number of nitriles is 1. The van der Waals surface area contributed by atoms with Gasteiger partial charge in [0.25, 0.3) is 5.56 Å². The second-order valence-electron chi connectivity index (χ2n) is 4.31. The number of nitrogens with one attached hydrogen (secondary N) is 1. The number of H-pyrrole nitrogens is 1. The van der Waals surface area contributed by atoms with Crippen LogP contribution < -0.4 is 11.2 Å². The molecule has 0 amide bonds. The summed E-state index contributed by atoms with van der Waals surface area (Å²) in [4.78, 5) is 25.4. The van der Waals surface area contributed by atoms with Crippen LogP contribution in [0.1, 0.15) is 23.6 Å². The van der Waals surface area contributed by atoms with Crippen LogP contribution in [0.3, 0.4) is 0 Å². The quantitative estimate of drug-likeness (QED) is 0.859. The molecule has 0 saturated heterocycles. The Morgan fingerprint density at radius 3 is 2.50 bits per heavy atom. The second-order valence-corrected chi connectivity index (χ2v) is 4.31. The number of rotatable bonds is 3. The molecule has 2 N–H and O–H groups in total. The van der Waals surface area contributed by atoms with E-state index >= 15 is 0 Å². The molecule has 6 nitrogen and oxygen atoms in total. The van der Waals surface area contributed by atoms with Gasteiger partial charge in [0, 0.05) is 0 Å². The minimum atomic E-state index is -0.658. The van der Waals surface area contributed by atoms with Crippen LogP contribution in [0.2, 0.25) is 0 Å². The first kappa shape index (κ1) is 13.6. The lowest BCUT2D eigenvalue weighted by Gasteiger charge is -2.10. The summed E-state index contributed by atoms with van der Waals surface area (Å²) in [6, 6.07) is 8.65. The van der Waals surface area contributed by atoms with Crippen LogP contribution in [0, 0.1) is 11.3 Å². The highest BCUT2D eigenvalue weighted by atomic mass is 16.3. The van der Waals surface area contributed by atoms with Gasteiger partial charge in [-0.1, -0.05) is 19.1 Å². The molecule has 0 fully saturated rings. The molecule has 0 aliphatic rings. The Morgan fingerprint density at radius 2 is 1.95 bits per heavy atom. The second kappa shape index (κ2) is 5.45. The van der Waals surface area contributed by atoms with E-state index in [1.54, 1.807) is 31.2 Å². The number of benzene rings is 1. The van der Waals surface area contributed by atoms with Crippen LogP contribution in [-0.2, 0) is 13.0 Å². The molecule has 20 heavy (non-hydrogen) atoms. The Morgan fingerprint density at radius 1 is 1.30 bits per heavy atom. The fourth-order valence-electron chi connectivity index (χ4n) is 1.93. The van der Waals surface area contributed by atoms with Gasteiger partial charge in [-0.05, 0) is 24.1 Å². The third kappa shape index (κ3) is 2.47. The van der Waals surface area contributed by atoms with Gasteiger partial charge < -0.3 is 5.11 Å². The maximum atomic E-state index is 11.8. The standard InChI is InChI=1S/C14H13N3O3/c1-2-11-12(18)16-14(20)17(13(11)19)8-10-5-3-9(7-15)4-6-10/h3-6,19H,2,8H2,1H3,(H,16,18,20). The summed E-state index contributed by atoms with van der Waals surface area (Å²) in [6.07, 6.45) is 0.328. The average molecular weight is 271 g/mol. The molecular weight excluding hydrogens is 258 g/mol. The first-order valence-electron chi connectivity index (χ1n) is 6.10. The summed E-state index contributed by atoms with van der Waals surface area (Å²) in [5, 5.41) is 18.7. The zero-order chi connectivity index (χ0) is 14.7. The van der Waals surface area contributed by atoms with Crippen LogP contribution in [0.25, 0.3) is 0 Å². The Labute approximate surface area is 114 Å². The third-order valence-corrected chi connectivity index (χ3v) is 3.04. The lowest BCUT2D eigenvalue weighted by atomic mass is 10.1. The monoisotopic (exact) mass is 271 g/mol. The van der Waals surface area contributed by atoms with E-state index in [0.717, 1.165) is 10.1 Å². The Balaban J connectivity index is 2.46. The lowest BCUT2D eigenvalue weighted by molar-refractivity contribution is 0.402. The van der Waals surface area contributed by atoms with E-state index in [9.17, 15) is 14.7 Å². The van der Waals surface area contributed by atoms with Gasteiger partial charge >= 0.3 is 5.69 Å². The number of hydrogen-bond acceptors (Lipinski definition) is 4. The highest BCUT2D eigenvalue weighted by Crippen LogP contribution is 2.13. The van der Waals surface area contributed by atoms with E-state index in [-0.39, 0.29) is 18.0 Å². The normalized spacial score (nSPS) is 10.2. The molecule has 0 aliphatic carbocycles. The van der Waals surface area contributed by atoms with Crippen molar-refractivity contribution in [1.29, 1.82) is 5.26 Å². The van der Waals surface area contributed by atoms with E-state index < -0.39 is 11.2 Å². The fourth-order valence-corrected chi connectivity index (χ4v) is 1.93. The largest absolute Gasteiger partial charge is 0.494 e. The molecule has 0 atom stereocenters. The van der Waals surface area contributed by atoms with Crippen molar-refractivity contribution in [3.8, 4) is 11.9 Å². The zero-order valence-corrected chi connectivity index (χ0v) is 10.9. The summed E-state index contributed by atoms with van der Waals surface area (Å²) in [5.74, 6) is -0.314. The summed E-state index contributed by atoms with van der Waals surface area (Å²) in [6.45, 7) is 1.85. The van der Waals surface area contributed by atoms with Crippen LogP contribution >= 0.6 is 0 Å². The Hall–Kier alpha value is -2.81. The van der Waals surface area contributed by atoms with Crippen LogP contribution in [0.15, 0.2) is 33.9 Å². The smallest absolute Gasteiger partial charge is 0.331 e. The molecule has 0 aliphatic heterocycles. The number of nitrogens with zero attached hydrogens (tertiary/aromatic N) is 2. The van der Waals surface area contributed by atoms with E-state index in [1.807, 2.05) is 6.07 Å². The van der Waals surface area contributed by atoms with Gasteiger partial charge in [-0.15, -0.1) is 0 Å². The number of aromatic nitrogens is 2. The van der Waals surface area contributed by atoms with Gasteiger partial charge in [-0.2, -0.15) is 5.26 Å². The minimum Gasteiger partial charge on any atom is -0.494 e. The molecule has 0 spiro atoms. The van der Waals surface area contributed by atoms with Crippen molar-refractivity contribution in [2.24, 2.45) is 0 Å². The molecule has 102 valence electrons. The predicted molar refractivity (Wildman–Crippen MR) is 72.6 cm³/mol. The van der Waals surface area contributed by atoms with E-state index in [0.29, 0.717) is 12.0 Å². The van der Waals surface area contributed by atoms with Crippen molar-refractivity contribution in [2.45, 2.75) is 19.9 Å². The minimum absolute atomic E-state index is 0.125. The summed E-state index contributed by atoms with van der Waals surface area (Å²) < 4.78 is 1.10. The van der Waals surface area contributed by atoms with Crippen LogP contribution in [0.4, 0.5) is 0 Å². The first-order chi connectivity index (χ1) is 9.56. The number of aromatic hydroxyl groups is 1. The average Bonchev–Trinajstić information content (AvgIpc) is 2.44. The summed E-state index contributed by atoms with van der Waals surface area (Å²) in [5.41, 5.74) is 0.218. The van der Waals surface area contributed by atoms with Crippen molar-refractivity contribution in [3.63, 3.8) is 0 Å². The van der Waals surface area contributed by atoms with Crippen molar-refractivity contribution >= 4 is 0 Å². The highest BCUT2D eigenvalue weighted by molar-refractivity contribution is 5.32. The molecule has 1 heterocycles. The van der Waals surface area contributed by atoms with Gasteiger partial charge in [-0.3, -0.25) is 14.3 Å². The van der Waals surface area contributed by atoms with Gasteiger partial charge in [-0.25, -0.2) is 4.79 Å². The lowest BCUT2D eigenvalue weighted by Crippen LogP contribution is -2.32. The molecule has 2 aromatic rings. The maximum Gasteiger partial charge on any atom is 0.331 e. The molecule has 1 aromatic heterocycles. The zero-order valence-electron chi connectivity index (χ0n) is 10.9. The molecule has 6 heteroatoms. The maximum absolute atomic E-state index is 11.8. The molecule has 0 unspecified atom stereocenters. The third-order valence-electron chi connectivity index (χ3n) is 3.04. The van der Waals surface area contributed by atoms with Crippen molar-refractivity contribution < 1.29 is 5.11 Å². The number of hydrogen-bond donors (Lipinski definition) is 2. The van der Waals surface area contributed by atoms with Crippen molar-refractivity contribution in [2.75, 3.05) is 0 Å². The molecule has 0 saturated carbocycles. The van der Waals surface area contributed by atoms with Gasteiger partial charge in [0.2, 0.25) is 5.88 Å². The topological polar surface area (TPSA) is 98.9 Å². The molecular formula is C14H13N3O3. The molecule has 1 aromatic carbocycles. The Bertz CT molecular complexity index is 779.